The molecule has 0 saturated heterocycles. The molecule has 0 amide bonds. The summed E-state index contributed by atoms with van der Waals surface area (Å²) in [5, 5.41) is 0. The van der Waals surface area contributed by atoms with Crippen LogP contribution >= 0.6 is 15.9 Å². The Bertz CT molecular complexity index is 545. The van der Waals surface area contributed by atoms with E-state index in [4.69, 9.17) is 0 Å². The molecule has 1 heterocycles. The average molecular weight is 275 g/mol. The van der Waals surface area contributed by atoms with Crippen molar-refractivity contribution < 1.29 is 4.79 Å². The first-order valence-electron chi connectivity index (χ1n) is 4.60. The molecule has 3 nitrogen and oxygen atoms in total. The Labute approximate surface area is 101 Å². The number of halogens is 1. The number of pyridine rings is 1. The van der Waals surface area contributed by atoms with Crippen molar-refractivity contribution in [1.29, 1.82) is 0 Å². The zero-order chi connectivity index (χ0) is 11.4. The van der Waals surface area contributed by atoms with Crippen LogP contribution < -0.4 is 0 Å². The van der Waals surface area contributed by atoms with Gasteiger partial charge in [0.25, 0.3) is 0 Å². The Morgan fingerprint density at radius 3 is 2.62 bits per heavy atom. The van der Waals surface area contributed by atoms with E-state index in [1.165, 1.54) is 6.08 Å². The van der Waals surface area contributed by atoms with Gasteiger partial charge in [-0.3, -0.25) is 4.98 Å². The first-order chi connectivity index (χ1) is 7.81. The van der Waals surface area contributed by atoms with Crippen molar-refractivity contribution in [3.05, 3.63) is 47.1 Å². The van der Waals surface area contributed by atoms with Crippen LogP contribution in [0.3, 0.4) is 0 Å². The summed E-state index contributed by atoms with van der Waals surface area (Å²) < 4.78 is 0.993. The number of aromatic nitrogens is 1. The van der Waals surface area contributed by atoms with E-state index < -0.39 is 0 Å². The molecule has 0 bridgehead atoms. The van der Waals surface area contributed by atoms with E-state index in [2.05, 4.69) is 25.9 Å². The number of nitrogens with zero attached hydrogens (tertiary/aromatic N) is 2. The summed E-state index contributed by atoms with van der Waals surface area (Å²) in [6.45, 7) is 0. The third-order valence-corrected chi connectivity index (χ3v) is 2.60. The normalized spacial score (nSPS) is 9.56. The highest BCUT2D eigenvalue weighted by atomic mass is 79.9. The fourth-order valence-corrected chi connectivity index (χ4v) is 1.63. The maximum Gasteiger partial charge on any atom is 0.240 e. The molecule has 0 saturated carbocycles. The monoisotopic (exact) mass is 274 g/mol. The largest absolute Gasteiger partial charge is 0.254 e. The number of rotatable bonds is 2. The lowest BCUT2D eigenvalue weighted by Crippen LogP contribution is -1.83. The van der Waals surface area contributed by atoms with Gasteiger partial charge in [-0.05, 0) is 24.3 Å². The van der Waals surface area contributed by atoms with Gasteiger partial charge in [-0.2, -0.15) is 4.99 Å². The number of benzene rings is 1. The molecule has 4 heteroatoms. The minimum atomic E-state index is 0.528. The second-order valence-corrected chi connectivity index (χ2v) is 4.00. The summed E-state index contributed by atoms with van der Waals surface area (Å²) in [6.07, 6.45) is 3.20. The molecule has 0 fully saturated rings. The zero-order valence-electron chi connectivity index (χ0n) is 8.22. The summed E-state index contributed by atoms with van der Waals surface area (Å²) in [5.74, 6) is 0. The first-order valence-corrected chi connectivity index (χ1v) is 5.39. The van der Waals surface area contributed by atoms with Gasteiger partial charge >= 0.3 is 0 Å². The quantitative estimate of drug-likeness (QED) is 0.622. The molecule has 0 aliphatic heterocycles. The molecule has 0 spiro atoms. The smallest absolute Gasteiger partial charge is 0.240 e. The van der Waals surface area contributed by atoms with Gasteiger partial charge in [0.1, 0.15) is 5.69 Å². The van der Waals surface area contributed by atoms with Gasteiger partial charge in [-0.1, -0.05) is 28.1 Å². The van der Waals surface area contributed by atoms with Crippen LogP contribution in [0.1, 0.15) is 0 Å². The number of isocyanates is 1. The van der Waals surface area contributed by atoms with Gasteiger partial charge in [-0.25, -0.2) is 4.79 Å². The number of aliphatic imine (C=N–C) groups is 1. The Kier molecular flexibility index (Phi) is 3.25. The predicted octanol–water partition coefficient (Wildman–Crippen LogP) is 3.48. The van der Waals surface area contributed by atoms with Crippen LogP contribution in [-0.4, -0.2) is 11.1 Å². The van der Waals surface area contributed by atoms with E-state index in [0.717, 1.165) is 10.0 Å². The molecular weight excluding hydrogens is 268 g/mol. The summed E-state index contributed by atoms with van der Waals surface area (Å²) >= 11 is 3.36. The van der Waals surface area contributed by atoms with Gasteiger partial charge in [0, 0.05) is 16.2 Å². The minimum Gasteiger partial charge on any atom is -0.254 e. The first kappa shape index (κ1) is 10.7. The summed E-state index contributed by atoms with van der Waals surface area (Å²) in [5.41, 5.74) is 2.12. The summed E-state index contributed by atoms with van der Waals surface area (Å²) in [6, 6.07) is 11.1. The van der Waals surface area contributed by atoms with Gasteiger partial charge in [-0.15, -0.1) is 0 Å². The second kappa shape index (κ2) is 4.84. The fraction of sp³-hybridized carbons (Fsp3) is 0. The van der Waals surface area contributed by atoms with Gasteiger partial charge in [0.15, 0.2) is 0 Å². The molecule has 2 rings (SSSR count). The molecule has 78 valence electrons. The Hall–Kier alpha value is -1.77. The van der Waals surface area contributed by atoms with E-state index >= 15 is 0 Å². The molecule has 0 unspecified atom stereocenters. The fourth-order valence-electron chi connectivity index (χ4n) is 1.37. The molecule has 16 heavy (non-hydrogen) atoms. The third-order valence-electron chi connectivity index (χ3n) is 2.07. The molecule has 0 N–H and O–H groups in total. The van der Waals surface area contributed by atoms with Crippen LogP contribution in [0.2, 0.25) is 0 Å². The van der Waals surface area contributed by atoms with Crippen molar-refractivity contribution in [1.82, 2.24) is 4.98 Å². The van der Waals surface area contributed by atoms with Crippen molar-refractivity contribution in [3.63, 3.8) is 0 Å². The molecule has 1 aromatic carbocycles. The average Bonchev–Trinajstić information content (AvgIpc) is 2.32. The molecule has 2 aromatic rings. The molecule has 0 radical (unpaired) electrons. The zero-order valence-corrected chi connectivity index (χ0v) is 9.81. The van der Waals surface area contributed by atoms with Crippen molar-refractivity contribution in [3.8, 4) is 11.3 Å². The second-order valence-electron chi connectivity index (χ2n) is 3.08. The van der Waals surface area contributed by atoms with Crippen LogP contribution in [0.5, 0.6) is 0 Å². The number of carbonyl (C=O) groups excluding carboxylic acids is 1. The maximum atomic E-state index is 10.3. The van der Waals surface area contributed by atoms with E-state index in [0.29, 0.717) is 11.4 Å². The molecule has 0 aliphatic rings. The molecule has 1 aromatic heterocycles. The van der Waals surface area contributed by atoms with Crippen molar-refractivity contribution in [2.24, 2.45) is 4.99 Å². The molecule has 0 atom stereocenters. The highest BCUT2D eigenvalue weighted by Gasteiger charge is 2.04. The highest BCUT2D eigenvalue weighted by Crippen LogP contribution is 2.28. The lowest BCUT2D eigenvalue weighted by atomic mass is 10.1. The Balaban J connectivity index is 2.55. The Morgan fingerprint density at radius 1 is 1.19 bits per heavy atom. The topological polar surface area (TPSA) is 42.3 Å². The SMILES string of the molecule is O=C=Nc1cccnc1-c1ccc(Br)cc1. The van der Waals surface area contributed by atoms with Gasteiger partial charge < -0.3 is 0 Å². The third kappa shape index (κ3) is 2.24. The maximum absolute atomic E-state index is 10.3. The van der Waals surface area contributed by atoms with Crippen molar-refractivity contribution in [2.75, 3.05) is 0 Å². The predicted molar refractivity (Wildman–Crippen MR) is 65.2 cm³/mol. The van der Waals surface area contributed by atoms with Crippen molar-refractivity contribution >= 4 is 27.7 Å². The minimum absolute atomic E-state index is 0.528. The standard InChI is InChI=1S/C12H7BrN2O/c13-10-5-3-9(4-6-10)12-11(15-8-16)2-1-7-14-12/h1-7H. The van der Waals surface area contributed by atoms with Gasteiger partial charge in [0.05, 0.1) is 5.69 Å². The van der Waals surface area contributed by atoms with Crippen molar-refractivity contribution in [2.45, 2.75) is 0 Å². The molecular formula is C12H7BrN2O. The lowest BCUT2D eigenvalue weighted by Gasteiger charge is -2.02. The highest BCUT2D eigenvalue weighted by molar-refractivity contribution is 9.10. The van der Waals surface area contributed by atoms with Gasteiger partial charge in [0.2, 0.25) is 6.08 Å². The van der Waals surface area contributed by atoms with Crippen LogP contribution in [0.4, 0.5) is 5.69 Å². The summed E-state index contributed by atoms with van der Waals surface area (Å²) in [4.78, 5) is 18.1. The van der Waals surface area contributed by atoms with E-state index in [1.807, 2.05) is 24.3 Å². The van der Waals surface area contributed by atoms with E-state index in [1.54, 1.807) is 18.3 Å². The van der Waals surface area contributed by atoms with Crippen LogP contribution in [0, 0.1) is 0 Å². The van der Waals surface area contributed by atoms with Crippen LogP contribution in [0.15, 0.2) is 52.1 Å². The molecule has 0 aliphatic carbocycles. The summed E-state index contributed by atoms with van der Waals surface area (Å²) in [7, 11) is 0. The number of hydrogen-bond acceptors (Lipinski definition) is 3. The van der Waals surface area contributed by atoms with Crippen LogP contribution in [-0.2, 0) is 4.79 Å². The lowest BCUT2D eigenvalue weighted by molar-refractivity contribution is 0.565. The van der Waals surface area contributed by atoms with E-state index in [-0.39, 0.29) is 0 Å². The Morgan fingerprint density at radius 2 is 1.94 bits per heavy atom. The van der Waals surface area contributed by atoms with E-state index in [9.17, 15) is 4.79 Å². The van der Waals surface area contributed by atoms with Crippen LogP contribution in [0.25, 0.3) is 11.3 Å². The number of hydrogen-bond donors (Lipinski definition) is 0.